The first-order valence-corrected chi connectivity index (χ1v) is 6.77. The van der Waals surface area contributed by atoms with Crippen LogP contribution in [0.3, 0.4) is 0 Å². The van der Waals surface area contributed by atoms with E-state index in [0.29, 0.717) is 18.0 Å². The quantitative estimate of drug-likeness (QED) is 0.763. The molecule has 6 heteroatoms. The van der Waals surface area contributed by atoms with Crippen LogP contribution in [0.4, 0.5) is 5.82 Å². The number of aliphatic hydroxyl groups excluding tert-OH is 1. The highest BCUT2D eigenvalue weighted by Crippen LogP contribution is 2.26. The number of hydrogen-bond donors (Lipinski definition) is 2. The van der Waals surface area contributed by atoms with Crippen LogP contribution in [0.2, 0.25) is 0 Å². The molecule has 0 atom stereocenters. The lowest BCUT2D eigenvalue weighted by molar-refractivity contribution is 0.271. The lowest BCUT2D eigenvalue weighted by Gasteiger charge is -2.05. The number of aromatic nitrogens is 4. The van der Waals surface area contributed by atoms with Gasteiger partial charge in [0.2, 0.25) is 0 Å². The third-order valence-corrected chi connectivity index (χ3v) is 3.34. The van der Waals surface area contributed by atoms with Crippen LogP contribution in [0.1, 0.15) is 11.4 Å². The van der Waals surface area contributed by atoms with Crippen molar-refractivity contribution >= 4 is 16.9 Å². The Bertz CT molecular complexity index is 789. The third kappa shape index (κ3) is 2.45. The first-order valence-electron chi connectivity index (χ1n) is 6.77. The van der Waals surface area contributed by atoms with Gasteiger partial charge in [-0.15, -0.1) is 0 Å². The summed E-state index contributed by atoms with van der Waals surface area (Å²) in [5.74, 6) is 0.426. The first kappa shape index (κ1) is 13.5. The molecule has 0 saturated heterocycles. The highest BCUT2D eigenvalue weighted by molar-refractivity contribution is 5.89. The molecule has 0 aliphatic rings. The van der Waals surface area contributed by atoms with E-state index in [1.165, 1.54) is 0 Å². The molecule has 3 rings (SSSR count). The molecule has 0 unspecified atom stereocenters. The van der Waals surface area contributed by atoms with Crippen molar-refractivity contribution in [2.24, 2.45) is 0 Å². The molecule has 0 spiro atoms. The van der Waals surface area contributed by atoms with Gasteiger partial charge in [-0.2, -0.15) is 5.10 Å². The molecule has 0 aliphatic heterocycles. The lowest BCUT2D eigenvalue weighted by atomic mass is 10.1. The van der Waals surface area contributed by atoms with Crippen LogP contribution in [0.25, 0.3) is 22.2 Å². The van der Waals surface area contributed by atoms with Crippen molar-refractivity contribution in [2.45, 2.75) is 20.4 Å². The van der Waals surface area contributed by atoms with Gasteiger partial charge in [0.1, 0.15) is 0 Å². The Morgan fingerprint density at radius 1 is 1.14 bits per heavy atom. The van der Waals surface area contributed by atoms with Gasteiger partial charge < -0.3 is 10.8 Å². The average molecular weight is 283 g/mol. The average Bonchev–Trinajstić information content (AvgIpc) is 2.74. The summed E-state index contributed by atoms with van der Waals surface area (Å²) in [6.45, 7) is 4.32. The maximum atomic E-state index is 9.05. The minimum absolute atomic E-state index is 0.00238. The minimum Gasteiger partial charge on any atom is -0.394 e. The Morgan fingerprint density at radius 2 is 1.86 bits per heavy atom. The monoisotopic (exact) mass is 283 g/mol. The second-order valence-corrected chi connectivity index (χ2v) is 5.07. The van der Waals surface area contributed by atoms with Crippen LogP contribution in [-0.2, 0) is 6.54 Å². The van der Waals surface area contributed by atoms with Crippen molar-refractivity contribution < 1.29 is 5.11 Å². The molecule has 3 N–H and O–H groups in total. The Balaban J connectivity index is 2.15. The van der Waals surface area contributed by atoms with Gasteiger partial charge in [-0.1, -0.05) is 0 Å². The van der Waals surface area contributed by atoms with Crippen molar-refractivity contribution in [1.82, 2.24) is 19.7 Å². The second kappa shape index (κ2) is 5.14. The van der Waals surface area contributed by atoms with Gasteiger partial charge in [-0.25, -0.2) is 9.67 Å². The summed E-state index contributed by atoms with van der Waals surface area (Å²) in [5.41, 5.74) is 10.6. The number of pyridine rings is 2. The number of hydrogen-bond acceptors (Lipinski definition) is 5. The van der Waals surface area contributed by atoms with Gasteiger partial charge in [-0.05, 0) is 37.6 Å². The number of aliphatic hydroxyl groups is 1. The summed E-state index contributed by atoms with van der Waals surface area (Å²) >= 11 is 0. The van der Waals surface area contributed by atoms with Crippen molar-refractivity contribution in [3.63, 3.8) is 0 Å². The summed E-state index contributed by atoms with van der Waals surface area (Å²) in [4.78, 5) is 8.82. The van der Waals surface area contributed by atoms with Gasteiger partial charge in [0.25, 0.3) is 0 Å². The number of nitrogens with two attached hydrogens (primary N) is 1. The molecular weight excluding hydrogens is 266 g/mol. The number of nitrogen functional groups attached to an aromatic ring is 1. The third-order valence-electron chi connectivity index (χ3n) is 3.34. The molecule has 3 heterocycles. The summed E-state index contributed by atoms with van der Waals surface area (Å²) in [6.07, 6.45) is 1.80. The molecule has 6 nitrogen and oxygen atoms in total. The van der Waals surface area contributed by atoms with E-state index in [9.17, 15) is 0 Å². The number of nitrogens with zero attached hydrogens (tertiary/aromatic N) is 4. The molecule has 3 aromatic rings. The Kier molecular flexibility index (Phi) is 3.31. The maximum absolute atomic E-state index is 9.05. The summed E-state index contributed by atoms with van der Waals surface area (Å²) in [5, 5.41) is 14.1. The van der Waals surface area contributed by atoms with Crippen molar-refractivity contribution in [1.29, 1.82) is 0 Å². The lowest BCUT2D eigenvalue weighted by Crippen LogP contribution is -2.04. The molecule has 0 fully saturated rings. The van der Waals surface area contributed by atoms with E-state index in [0.717, 1.165) is 27.9 Å². The molecule has 0 bridgehead atoms. The number of rotatable bonds is 3. The van der Waals surface area contributed by atoms with Gasteiger partial charge in [0.05, 0.1) is 18.5 Å². The molecule has 0 aliphatic carbocycles. The van der Waals surface area contributed by atoms with Crippen LogP contribution in [0.15, 0.2) is 24.4 Å². The van der Waals surface area contributed by atoms with E-state index < -0.39 is 0 Å². The van der Waals surface area contributed by atoms with Crippen LogP contribution in [0, 0.1) is 13.8 Å². The zero-order valence-corrected chi connectivity index (χ0v) is 12.0. The second-order valence-electron chi connectivity index (χ2n) is 5.07. The predicted molar refractivity (Wildman–Crippen MR) is 81.7 cm³/mol. The van der Waals surface area contributed by atoms with E-state index in [-0.39, 0.29) is 6.61 Å². The highest BCUT2D eigenvalue weighted by Gasteiger charge is 2.11. The van der Waals surface area contributed by atoms with E-state index in [4.69, 9.17) is 10.8 Å². The topological polar surface area (TPSA) is 89.8 Å². The van der Waals surface area contributed by atoms with E-state index in [1.54, 1.807) is 10.9 Å². The molecule has 0 aromatic carbocycles. The Labute approximate surface area is 122 Å². The number of anilines is 1. The first-order chi connectivity index (χ1) is 10.1. The summed E-state index contributed by atoms with van der Waals surface area (Å²) in [6, 6.07) is 6.02. The number of fused-ring (bicyclic) bond motifs is 1. The van der Waals surface area contributed by atoms with Gasteiger partial charge >= 0.3 is 0 Å². The fraction of sp³-hybridized carbons (Fsp3) is 0.267. The van der Waals surface area contributed by atoms with Crippen molar-refractivity contribution in [3.05, 3.63) is 35.8 Å². The molecular formula is C15H17N5O. The highest BCUT2D eigenvalue weighted by atomic mass is 16.3. The SMILES string of the molecule is Cc1cc(-c2cnc3c(c2)c(N)nn3CCO)cc(C)n1. The van der Waals surface area contributed by atoms with Crippen LogP contribution in [0.5, 0.6) is 0 Å². The smallest absolute Gasteiger partial charge is 0.160 e. The van der Waals surface area contributed by atoms with Crippen molar-refractivity contribution in [3.8, 4) is 11.1 Å². The van der Waals surface area contributed by atoms with Crippen LogP contribution < -0.4 is 5.73 Å². The zero-order valence-electron chi connectivity index (χ0n) is 12.0. The molecule has 0 radical (unpaired) electrons. The summed E-state index contributed by atoms with van der Waals surface area (Å²) < 4.78 is 1.62. The maximum Gasteiger partial charge on any atom is 0.160 e. The Hall–Kier alpha value is -2.47. The molecule has 108 valence electrons. The van der Waals surface area contributed by atoms with E-state index in [2.05, 4.69) is 15.1 Å². The minimum atomic E-state index is 0.00238. The van der Waals surface area contributed by atoms with Crippen LogP contribution >= 0.6 is 0 Å². The van der Waals surface area contributed by atoms with Crippen molar-refractivity contribution in [2.75, 3.05) is 12.3 Å². The number of aryl methyl sites for hydroxylation is 2. The van der Waals surface area contributed by atoms with Gasteiger partial charge in [0, 0.05) is 23.1 Å². The standard InChI is InChI=1S/C15H17N5O/c1-9-5-11(6-10(2)18-9)12-7-13-14(16)19-20(3-4-21)15(13)17-8-12/h5-8,21H,3-4H2,1-2H3,(H2,16,19). The van der Waals surface area contributed by atoms with Gasteiger partial charge in [0.15, 0.2) is 11.5 Å². The predicted octanol–water partition coefficient (Wildman–Crippen LogP) is 1.68. The normalized spacial score (nSPS) is 11.2. The van der Waals surface area contributed by atoms with E-state index in [1.807, 2.05) is 32.0 Å². The molecule has 0 saturated carbocycles. The molecule has 3 aromatic heterocycles. The van der Waals surface area contributed by atoms with E-state index >= 15 is 0 Å². The Morgan fingerprint density at radius 3 is 2.52 bits per heavy atom. The molecule has 0 amide bonds. The van der Waals surface area contributed by atoms with Crippen LogP contribution in [-0.4, -0.2) is 31.5 Å². The fourth-order valence-corrected chi connectivity index (χ4v) is 2.49. The van der Waals surface area contributed by atoms with Gasteiger partial charge in [-0.3, -0.25) is 4.98 Å². The largest absolute Gasteiger partial charge is 0.394 e. The fourth-order valence-electron chi connectivity index (χ4n) is 2.49. The summed E-state index contributed by atoms with van der Waals surface area (Å²) in [7, 11) is 0. The molecule has 21 heavy (non-hydrogen) atoms. The zero-order chi connectivity index (χ0) is 15.0.